The number of carbonyl (C=O) groups is 1. The lowest BCUT2D eigenvalue weighted by atomic mass is 9.67. The van der Waals surface area contributed by atoms with Crippen LogP contribution in [0.1, 0.15) is 43.7 Å². The highest BCUT2D eigenvalue weighted by atomic mass is 32.1. The van der Waals surface area contributed by atoms with E-state index in [2.05, 4.69) is 23.3 Å². The van der Waals surface area contributed by atoms with Crippen molar-refractivity contribution in [3.8, 4) is 5.75 Å². The number of phenolic OH excluding ortho intramolecular Hbond substituents is 1. The second-order valence-electron chi connectivity index (χ2n) is 11.9. The Balaban J connectivity index is 1.09. The average Bonchev–Trinajstić information content (AvgIpc) is 3.43. The predicted molar refractivity (Wildman–Crippen MR) is 154 cm³/mol. The van der Waals surface area contributed by atoms with Crippen LogP contribution in [0.5, 0.6) is 5.75 Å². The van der Waals surface area contributed by atoms with Crippen LogP contribution in [0.2, 0.25) is 0 Å². The van der Waals surface area contributed by atoms with Gasteiger partial charge in [-0.15, -0.1) is 0 Å². The van der Waals surface area contributed by atoms with Gasteiger partial charge in [0.1, 0.15) is 17.9 Å². The number of fused-ring (bicyclic) bond motifs is 2. The molecule has 1 amide bonds. The standard InChI is InChI=1S/C31H37N3O4S/c1-31(16-21-13-23-15-24(17-31)25(23)14-21)19-32-10-12-34(30(37)38-18-20-5-3-2-4-6-20)11-9-22-7-8-26(35)27-28(22)39-29(36)33-27/h2-8,17,21,23,25,32,35H,9-16,18-19H2,1H3,(H,33,36). The van der Waals surface area contributed by atoms with Crippen LogP contribution in [0, 0.1) is 23.2 Å². The number of carbonyl (C=O) groups excluding carboxylic acids is 1. The molecule has 0 saturated heterocycles. The van der Waals surface area contributed by atoms with Crippen molar-refractivity contribution < 1.29 is 14.6 Å². The number of nitrogens with zero attached hydrogens (tertiary/aromatic N) is 1. The summed E-state index contributed by atoms with van der Waals surface area (Å²) in [5.41, 5.74) is 4.18. The molecule has 4 atom stereocenters. The maximum absolute atomic E-state index is 13.2. The lowest BCUT2D eigenvalue weighted by Gasteiger charge is -2.39. The van der Waals surface area contributed by atoms with E-state index in [0.29, 0.717) is 31.6 Å². The maximum atomic E-state index is 13.2. The number of phenols is 1. The maximum Gasteiger partial charge on any atom is 0.410 e. The first-order valence-corrected chi connectivity index (χ1v) is 14.9. The number of benzene rings is 2. The predicted octanol–water partition coefficient (Wildman–Crippen LogP) is 5.45. The van der Waals surface area contributed by atoms with Crippen molar-refractivity contribution >= 4 is 27.6 Å². The summed E-state index contributed by atoms with van der Waals surface area (Å²) in [6, 6.07) is 13.1. The van der Waals surface area contributed by atoms with Crippen LogP contribution in [0.25, 0.3) is 10.2 Å². The number of hydrogen-bond donors (Lipinski definition) is 3. The number of aromatic amines is 1. The number of nitrogens with one attached hydrogen (secondary N) is 2. The molecule has 3 aliphatic carbocycles. The summed E-state index contributed by atoms with van der Waals surface area (Å²) in [5, 5.41) is 13.8. The number of H-pyrrole nitrogens is 1. The molecule has 206 valence electrons. The number of thiazole rings is 1. The molecule has 3 N–H and O–H groups in total. The summed E-state index contributed by atoms with van der Waals surface area (Å²) >= 11 is 1.08. The summed E-state index contributed by atoms with van der Waals surface area (Å²) in [4.78, 5) is 29.4. The Morgan fingerprint density at radius 2 is 2.05 bits per heavy atom. The van der Waals surface area contributed by atoms with Crippen molar-refractivity contribution in [2.45, 2.75) is 45.6 Å². The van der Waals surface area contributed by atoms with Crippen molar-refractivity contribution in [2.24, 2.45) is 23.2 Å². The molecule has 2 aromatic carbocycles. The molecule has 6 rings (SSSR count). The molecule has 2 fully saturated rings. The Hall–Kier alpha value is -3.10. The number of ether oxygens (including phenoxy) is 1. The largest absolute Gasteiger partial charge is 0.506 e. The quantitative estimate of drug-likeness (QED) is 0.232. The Morgan fingerprint density at radius 1 is 1.21 bits per heavy atom. The molecule has 0 aliphatic heterocycles. The lowest BCUT2D eigenvalue weighted by Crippen LogP contribution is -2.41. The Labute approximate surface area is 232 Å². The minimum Gasteiger partial charge on any atom is -0.506 e. The van der Waals surface area contributed by atoms with E-state index >= 15 is 0 Å². The zero-order valence-electron chi connectivity index (χ0n) is 22.4. The molecule has 8 heteroatoms. The van der Waals surface area contributed by atoms with Gasteiger partial charge in [-0.2, -0.15) is 0 Å². The molecule has 3 aliphatic rings. The molecule has 2 saturated carbocycles. The molecule has 39 heavy (non-hydrogen) atoms. The van der Waals surface area contributed by atoms with Gasteiger partial charge in [0.05, 0.1) is 4.70 Å². The van der Waals surface area contributed by atoms with Crippen LogP contribution >= 0.6 is 11.3 Å². The van der Waals surface area contributed by atoms with E-state index in [1.54, 1.807) is 16.5 Å². The summed E-state index contributed by atoms with van der Waals surface area (Å²) in [7, 11) is 0. The van der Waals surface area contributed by atoms with Gasteiger partial charge in [0.15, 0.2) is 0 Å². The number of aromatic hydroxyl groups is 1. The molecular weight excluding hydrogens is 510 g/mol. The summed E-state index contributed by atoms with van der Waals surface area (Å²) < 4.78 is 6.42. The van der Waals surface area contributed by atoms with Gasteiger partial charge in [0.25, 0.3) is 0 Å². The van der Waals surface area contributed by atoms with E-state index in [0.717, 1.165) is 51.5 Å². The molecule has 0 radical (unpaired) electrons. The second kappa shape index (κ2) is 10.8. The fourth-order valence-corrected chi connectivity index (χ4v) is 7.95. The van der Waals surface area contributed by atoms with Crippen molar-refractivity contribution in [3.05, 3.63) is 74.9 Å². The van der Waals surface area contributed by atoms with Gasteiger partial charge < -0.3 is 25.0 Å². The van der Waals surface area contributed by atoms with E-state index < -0.39 is 0 Å². The van der Waals surface area contributed by atoms with Crippen LogP contribution in [0.4, 0.5) is 4.79 Å². The zero-order chi connectivity index (χ0) is 27.0. The van der Waals surface area contributed by atoms with E-state index in [9.17, 15) is 14.7 Å². The first-order chi connectivity index (χ1) is 18.9. The minimum atomic E-state index is -0.349. The van der Waals surface area contributed by atoms with E-state index in [1.165, 1.54) is 25.7 Å². The molecule has 0 spiro atoms. The third-order valence-corrected chi connectivity index (χ3v) is 9.85. The Kier molecular flexibility index (Phi) is 7.25. The number of aromatic nitrogens is 1. The highest BCUT2D eigenvalue weighted by Crippen LogP contribution is 2.58. The lowest BCUT2D eigenvalue weighted by molar-refractivity contribution is 0.0965. The fourth-order valence-electron chi connectivity index (χ4n) is 7.05. The first kappa shape index (κ1) is 26.1. The van der Waals surface area contributed by atoms with Crippen LogP contribution in [0.15, 0.2) is 58.9 Å². The average molecular weight is 548 g/mol. The molecular formula is C31H37N3O4S. The number of hydrogen-bond acceptors (Lipinski definition) is 6. The monoisotopic (exact) mass is 547 g/mol. The van der Waals surface area contributed by atoms with Crippen LogP contribution in [0.3, 0.4) is 0 Å². The van der Waals surface area contributed by atoms with Gasteiger partial charge >= 0.3 is 11.0 Å². The number of rotatable bonds is 10. The molecule has 7 nitrogen and oxygen atoms in total. The van der Waals surface area contributed by atoms with Crippen molar-refractivity contribution in [1.82, 2.24) is 15.2 Å². The van der Waals surface area contributed by atoms with Crippen molar-refractivity contribution in [3.63, 3.8) is 0 Å². The summed E-state index contributed by atoms with van der Waals surface area (Å²) in [6.07, 6.45) is 8.10. The minimum absolute atomic E-state index is 0.0584. The highest BCUT2D eigenvalue weighted by molar-refractivity contribution is 7.16. The van der Waals surface area contributed by atoms with Gasteiger partial charge in [-0.3, -0.25) is 4.79 Å². The van der Waals surface area contributed by atoms with Gasteiger partial charge in [-0.25, -0.2) is 4.79 Å². The Bertz CT molecular complexity index is 1430. The highest BCUT2D eigenvalue weighted by Gasteiger charge is 2.48. The third kappa shape index (κ3) is 5.63. The first-order valence-electron chi connectivity index (χ1n) is 14.1. The molecule has 4 unspecified atom stereocenters. The van der Waals surface area contributed by atoms with Gasteiger partial charge in [-0.05, 0) is 72.5 Å². The van der Waals surface area contributed by atoms with Crippen LogP contribution in [-0.2, 0) is 17.8 Å². The summed E-state index contributed by atoms with van der Waals surface area (Å²) in [5.74, 6) is 2.72. The second-order valence-corrected chi connectivity index (χ2v) is 12.9. The van der Waals surface area contributed by atoms with Gasteiger partial charge in [0, 0.05) is 26.2 Å². The SMILES string of the molecule is CC1(CNCCN(CCc2ccc(O)c3[nH]c(=O)sc23)C(=O)OCc2ccccc2)C=C2CC3CC(CC23)C1. The molecule has 1 heterocycles. The van der Waals surface area contributed by atoms with Crippen LogP contribution < -0.4 is 10.2 Å². The van der Waals surface area contributed by atoms with Crippen LogP contribution in [-0.4, -0.2) is 47.3 Å². The van der Waals surface area contributed by atoms with E-state index in [4.69, 9.17) is 4.74 Å². The topological polar surface area (TPSA) is 94.7 Å². The molecule has 2 bridgehead atoms. The van der Waals surface area contributed by atoms with Crippen molar-refractivity contribution in [2.75, 3.05) is 26.2 Å². The number of amides is 1. The van der Waals surface area contributed by atoms with Gasteiger partial charge in [0.2, 0.25) is 0 Å². The van der Waals surface area contributed by atoms with Crippen molar-refractivity contribution in [1.29, 1.82) is 0 Å². The fraction of sp³-hybridized carbons (Fsp3) is 0.484. The molecule has 3 aromatic rings. The van der Waals surface area contributed by atoms with E-state index in [1.807, 2.05) is 36.4 Å². The number of allylic oxidation sites excluding steroid dienone is 1. The summed E-state index contributed by atoms with van der Waals surface area (Å²) in [6.45, 7) is 5.17. The normalized spacial score (nSPS) is 25.2. The Morgan fingerprint density at radius 3 is 2.90 bits per heavy atom. The smallest absolute Gasteiger partial charge is 0.410 e. The molecule has 1 aromatic heterocycles. The zero-order valence-corrected chi connectivity index (χ0v) is 23.3. The van der Waals surface area contributed by atoms with Gasteiger partial charge in [-0.1, -0.05) is 66.3 Å². The third-order valence-electron chi connectivity index (χ3n) is 8.90. The van der Waals surface area contributed by atoms with E-state index in [-0.39, 0.29) is 28.7 Å².